The van der Waals surface area contributed by atoms with Crippen LogP contribution < -0.4 is 0 Å². The van der Waals surface area contributed by atoms with Crippen LogP contribution in [-0.4, -0.2) is 34.9 Å². The molecule has 0 saturated heterocycles. The Morgan fingerprint density at radius 1 is 0.280 bits per heavy atom. The van der Waals surface area contributed by atoms with Crippen LogP contribution in [0.5, 0.6) is 0 Å². The largest absolute Gasteiger partial charge is 0.362 e. The molecule has 0 atom stereocenters. The molecule has 0 unspecified atom stereocenters. The molecule has 14 rings (SSSR count). The summed E-state index contributed by atoms with van der Waals surface area (Å²) in [5.41, 5.74) is 19.5. The monoisotopic (exact) mass is 1330 g/mol. The van der Waals surface area contributed by atoms with E-state index in [1.54, 1.807) is 6.20 Å². The number of nitrogens with zero attached hydrogens (tertiary/aromatic N) is 8. The number of nitrogens with one attached hydrogen (secondary N) is 7. The summed E-state index contributed by atoms with van der Waals surface area (Å²) in [5, 5.41) is 51.7. The molecule has 15 heteroatoms. The van der Waals surface area contributed by atoms with Gasteiger partial charge in [0.05, 0.1) is 70.2 Å². The van der Waals surface area contributed by atoms with Crippen molar-refractivity contribution in [2.75, 3.05) is 0 Å². The van der Waals surface area contributed by atoms with Crippen molar-refractivity contribution >= 4 is 93.4 Å². The van der Waals surface area contributed by atoms with E-state index in [0.29, 0.717) is 11.1 Å². The minimum absolute atomic E-state index is 0.438. The number of H-pyrrole nitrogens is 7. The molecule has 0 saturated carbocycles. The zero-order chi connectivity index (χ0) is 75.4. The van der Waals surface area contributed by atoms with E-state index in [-0.39, 0.29) is 0 Å². The molecule has 7 N–H and O–H groups in total. The Morgan fingerprint density at radius 2 is 0.730 bits per heavy atom. The molecule has 7 heterocycles. The molecule has 0 spiro atoms. The molecule has 7 aromatic heterocycles. The number of fused-ring (bicyclic) bond motifs is 7. The number of benzene rings is 7. The van der Waals surface area contributed by atoms with Crippen molar-refractivity contribution in [3.05, 3.63) is 266 Å². The lowest BCUT2D eigenvalue weighted by Gasteiger charge is -2.00. The number of hydrogen-bond acceptors (Lipinski definition) is 5. The lowest BCUT2D eigenvalue weighted by Crippen LogP contribution is -1.90. The summed E-state index contributed by atoms with van der Waals surface area (Å²) in [6, 6.07) is 49.8. The van der Waals surface area contributed by atoms with Crippen LogP contribution in [-0.2, 0) is 0 Å². The Bertz CT molecular complexity index is 4980. The molecular formula is C85H97N15. The molecule has 14 aromatic rings. The first kappa shape index (κ1) is 85.3. The van der Waals surface area contributed by atoms with Crippen LogP contribution in [0, 0.1) is 125 Å². The normalized spacial score (nSPS) is 8.97. The SMILES string of the molecule is CC.CC.CC.CC.CC.CC.CC.Cc1cc(C#N)c2[nH]ccc2c1.Cc1cc2cc[nH]c2c(C#N)c1C#N.Cc1cc2cc[nH]c2cc1C#N.Cc1ccc2cc[nH]c2c1C#N.[C-]#[N+]c1c(C)ccc2[nH]ccc12.[C-]#[N+]c1cc(C)cc2[nH]ccc12.[C-]#[N+]c1ccc(C)c2[nH]ccc12. The van der Waals surface area contributed by atoms with Gasteiger partial charge in [0, 0.05) is 97.8 Å². The third-order valence-corrected chi connectivity index (χ3v) is 14.2. The van der Waals surface area contributed by atoms with E-state index in [1.165, 1.54) is 5.56 Å². The molecule has 0 bridgehead atoms. The Labute approximate surface area is 592 Å². The fourth-order valence-electron chi connectivity index (χ4n) is 9.86. The van der Waals surface area contributed by atoms with E-state index in [9.17, 15) is 0 Å². The van der Waals surface area contributed by atoms with Gasteiger partial charge < -0.3 is 34.9 Å². The highest BCUT2D eigenvalue weighted by atomic mass is 14.7. The highest BCUT2D eigenvalue weighted by Gasteiger charge is 2.12. The Balaban J connectivity index is 0.000000566. The van der Waals surface area contributed by atoms with Crippen LogP contribution in [0.4, 0.5) is 17.1 Å². The summed E-state index contributed by atoms with van der Waals surface area (Å²) in [4.78, 5) is 31.8. The van der Waals surface area contributed by atoms with Crippen molar-refractivity contribution < 1.29 is 0 Å². The van der Waals surface area contributed by atoms with Crippen molar-refractivity contribution in [1.29, 1.82) is 26.3 Å². The smallest absolute Gasteiger partial charge is 0.199 e. The van der Waals surface area contributed by atoms with Gasteiger partial charge in [-0.1, -0.05) is 139 Å². The van der Waals surface area contributed by atoms with Crippen molar-refractivity contribution in [3.63, 3.8) is 0 Å². The molecule has 512 valence electrons. The lowest BCUT2D eigenvalue weighted by atomic mass is 10.0. The van der Waals surface area contributed by atoms with Gasteiger partial charge in [0.1, 0.15) is 24.3 Å². The first-order chi connectivity index (χ1) is 48.7. The lowest BCUT2D eigenvalue weighted by molar-refractivity contribution is 1.36. The standard InChI is InChI=1S/C11H7N3.6C10H8N2.7C2H6/c1-7-4-8-2-3-14-11(8)10(6-13)9(7)5-12;1-7-5-9(11-2)8-3-4-12-10(8)6-7;1-7-3-4-9-8(5-6-12-9)10(7)11-2;1-7-3-4-9(11-2)8-5-6-12-10(7)8;1-7-4-8-2-3-12-10(8)5-9(7)6-11;1-7-4-8-2-3-12-10(8)9(5-7)6-11;1-7-2-3-8-4-5-12-10(8)9(7)6-11;7*1-2/h2-4,14H,1H3;3*3-6,12H,1H3;3*2-5,12H,1H3;7*1-2H3. The molecule has 7 aromatic carbocycles. The topological polar surface area (TPSA) is 243 Å². The Hall–Kier alpha value is -12.8. The number of aryl methyl sites for hydroxylation is 7. The van der Waals surface area contributed by atoms with E-state index >= 15 is 0 Å². The summed E-state index contributed by atoms with van der Waals surface area (Å²) >= 11 is 0. The second kappa shape index (κ2) is 46.4. The fraction of sp³-hybridized carbons (Fsp3) is 0.247. The van der Waals surface area contributed by atoms with Gasteiger partial charge in [0.15, 0.2) is 17.1 Å². The van der Waals surface area contributed by atoms with Crippen LogP contribution in [0.2, 0.25) is 0 Å². The van der Waals surface area contributed by atoms with Gasteiger partial charge in [0.2, 0.25) is 0 Å². The van der Waals surface area contributed by atoms with Gasteiger partial charge in [0.25, 0.3) is 0 Å². The summed E-state index contributed by atoms with van der Waals surface area (Å²) < 4.78 is 0. The number of aromatic amines is 7. The van der Waals surface area contributed by atoms with E-state index in [4.69, 9.17) is 46.0 Å². The molecule has 0 aliphatic rings. The maximum Gasteiger partial charge on any atom is 0.199 e. The van der Waals surface area contributed by atoms with Gasteiger partial charge in [-0.25, -0.2) is 14.5 Å². The second-order valence-corrected chi connectivity index (χ2v) is 20.0. The van der Waals surface area contributed by atoms with Gasteiger partial charge >= 0.3 is 0 Å². The molecule has 15 nitrogen and oxygen atoms in total. The average Bonchev–Trinajstić information content (AvgIpc) is 1.53. The van der Waals surface area contributed by atoms with Crippen molar-refractivity contribution in [2.45, 2.75) is 145 Å². The summed E-state index contributed by atoms with van der Waals surface area (Å²) in [6.45, 7) is 62.6. The predicted octanol–water partition coefficient (Wildman–Crippen LogP) is 25.5. The molecule has 0 fully saturated rings. The zero-order valence-corrected chi connectivity index (χ0v) is 62.2. The number of nitriles is 5. The van der Waals surface area contributed by atoms with Crippen molar-refractivity contribution in [2.24, 2.45) is 0 Å². The van der Waals surface area contributed by atoms with Crippen LogP contribution in [0.25, 0.3) is 90.9 Å². The molecule has 0 radical (unpaired) electrons. The molecule has 0 aliphatic carbocycles. The van der Waals surface area contributed by atoms with E-state index in [0.717, 1.165) is 143 Å². The van der Waals surface area contributed by atoms with Gasteiger partial charge in [-0.05, 0) is 172 Å². The maximum absolute atomic E-state index is 8.97. The van der Waals surface area contributed by atoms with E-state index in [1.807, 2.05) is 298 Å². The van der Waals surface area contributed by atoms with Crippen molar-refractivity contribution in [3.8, 4) is 30.3 Å². The Kier molecular flexibility index (Phi) is 39.5. The number of rotatable bonds is 0. The molecule has 0 amide bonds. The maximum atomic E-state index is 8.97. The summed E-state index contributed by atoms with van der Waals surface area (Å²) in [5.74, 6) is 0. The number of aromatic nitrogens is 7. The summed E-state index contributed by atoms with van der Waals surface area (Å²) in [7, 11) is 0. The first-order valence-corrected chi connectivity index (χ1v) is 33.9. The predicted molar refractivity (Wildman–Crippen MR) is 423 cm³/mol. The van der Waals surface area contributed by atoms with E-state index in [2.05, 4.69) is 85.8 Å². The van der Waals surface area contributed by atoms with Gasteiger partial charge in [-0.15, -0.1) is 0 Å². The number of hydrogen-bond donors (Lipinski definition) is 7. The van der Waals surface area contributed by atoms with Crippen LogP contribution in [0.15, 0.2) is 165 Å². The third-order valence-electron chi connectivity index (χ3n) is 14.2. The van der Waals surface area contributed by atoms with Gasteiger partial charge in [-0.3, -0.25) is 0 Å². The molecular weight excluding hydrogens is 1230 g/mol. The average molecular weight is 1330 g/mol. The Morgan fingerprint density at radius 3 is 1.31 bits per heavy atom. The summed E-state index contributed by atoms with van der Waals surface area (Å²) in [6.07, 6.45) is 12.9. The fourth-order valence-corrected chi connectivity index (χ4v) is 9.86. The van der Waals surface area contributed by atoms with Crippen LogP contribution in [0.3, 0.4) is 0 Å². The van der Waals surface area contributed by atoms with Crippen molar-refractivity contribution in [1.82, 2.24) is 34.9 Å². The minimum Gasteiger partial charge on any atom is -0.362 e. The second-order valence-electron chi connectivity index (χ2n) is 20.0. The molecule has 0 aliphatic heterocycles. The van der Waals surface area contributed by atoms with E-state index < -0.39 is 0 Å². The highest BCUT2D eigenvalue weighted by molar-refractivity contribution is 5.96. The minimum atomic E-state index is 0.438. The molecule has 100 heavy (non-hydrogen) atoms. The third kappa shape index (κ3) is 22.4. The quantitative estimate of drug-likeness (QED) is 0.0731. The van der Waals surface area contributed by atoms with Crippen LogP contribution >= 0.6 is 0 Å². The van der Waals surface area contributed by atoms with Crippen LogP contribution in [0.1, 0.15) is 164 Å². The first-order valence-electron chi connectivity index (χ1n) is 33.9. The highest BCUT2D eigenvalue weighted by Crippen LogP contribution is 2.31. The van der Waals surface area contributed by atoms with Gasteiger partial charge in [-0.2, -0.15) is 26.3 Å². The zero-order valence-electron chi connectivity index (χ0n) is 62.2.